The fraction of sp³-hybridized carbons (Fsp3) is 0.562. The van der Waals surface area contributed by atoms with Crippen LogP contribution in [0.5, 0.6) is 0 Å². The molecule has 0 spiro atoms. The average Bonchev–Trinajstić information content (AvgIpc) is 2.42. The van der Waals surface area contributed by atoms with Crippen molar-refractivity contribution in [2.24, 2.45) is 5.92 Å². The molecule has 2 heteroatoms. The van der Waals surface area contributed by atoms with Crippen molar-refractivity contribution in [1.82, 2.24) is 0 Å². The Morgan fingerprint density at radius 3 is 2.44 bits per heavy atom. The number of hydrogen-bond donors (Lipinski definition) is 0. The van der Waals surface area contributed by atoms with Crippen molar-refractivity contribution in [3.05, 3.63) is 35.9 Å². The second-order valence-electron chi connectivity index (χ2n) is 5.20. The highest BCUT2D eigenvalue weighted by Gasteiger charge is 2.23. The van der Waals surface area contributed by atoms with E-state index in [2.05, 4.69) is 6.92 Å². The summed E-state index contributed by atoms with van der Waals surface area (Å²) in [5.41, 5.74) is 0.660. The molecule has 0 bridgehead atoms. The summed E-state index contributed by atoms with van der Waals surface area (Å²) in [6.07, 6.45) is 7.19. The first-order valence-corrected chi connectivity index (χ1v) is 7.05. The van der Waals surface area contributed by atoms with Crippen LogP contribution in [0.2, 0.25) is 0 Å². The van der Waals surface area contributed by atoms with Gasteiger partial charge in [0.25, 0.3) is 0 Å². The molecule has 18 heavy (non-hydrogen) atoms. The van der Waals surface area contributed by atoms with E-state index >= 15 is 0 Å². The van der Waals surface area contributed by atoms with E-state index in [1.807, 2.05) is 30.3 Å². The first-order valence-electron chi connectivity index (χ1n) is 7.05. The molecule has 1 aromatic rings. The molecule has 1 aromatic carbocycles. The van der Waals surface area contributed by atoms with E-state index in [1.54, 1.807) is 0 Å². The highest BCUT2D eigenvalue weighted by Crippen LogP contribution is 2.29. The third-order valence-corrected chi connectivity index (χ3v) is 3.77. The van der Waals surface area contributed by atoms with E-state index in [0.29, 0.717) is 5.56 Å². The lowest BCUT2D eigenvalue weighted by Crippen LogP contribution is -2.24. The van der Waals surface area contributed by atoms with Crippen molar-refractivity contribution in [1.29, 1.82) is 0 Å². The van der Waals surface area contributed by atoms with E-state index in [0.717, 1.165) is 18.8 Å². The van der Waals surface area contributed by atoms with Gasteiger partial charge < -0.3 is 4.74 Å². The highest BCUT2D eigenvalue weighted by molar-refractivity contribution is 5.89. The van der Waals surface area contributed by atoms with Crippen molar-refractivity contribution in [3.63, 3.8) is 0 Å². The van der Waals surface area contributed by atoms with Gasteiger partial charge in [-0.25, -0.2) is 4.79 Å². The van der Waals surface area contributed by atoms with Gasteiger partial charge in [0.2, 0.25) is 0 Å². The second-order valence-corrected chi connectivity index (χ2v) is 5.20. The van der Waals surface area contributed by atoms with Crippen LogP contribution >= 0.6 is 0 Å². The van der Waals surface area contributed by atoms with Crippen LogP contribution in [0.25, 0.3) is 0 Å². The molecule has 1 saturated carbocycles. The Morgan fingerprint density at radius 1 is 1.17 bits per heavy atom. The Kier molecular flexibility index (Phi) is 4.80. The van der Waals surface area contributed by atoms with Gasteiger partial charge in [0.1, 0.15) is 6.10 Å². The summed E-state index contributed by atoms with van der Waals surface area (Å²) in [6, 6.07) is 9.27. The topological polar surface area (TPSA) is 26.3 Å². The fourth-order valence-corrected chi connectivity index (χ4v) is 2.74. The molecule has 0 radical (unpaired) electrons. The van der Waals surface area contributed by atoms with Gasteiger partial charge in [-0.2, -0.15) is 0 Å². The van der Waals surface area contributed by atoms with Crippen LogP contribution in [0.1, 0.15) is 55.8 Å². The van der Waals surface area contributed by atoms with Gasteiger partial charge in [0.05, 0.1) is 5.56 Å². The van der Waals surface area contributed by atoms with Crippen molar-refractivity contribution in [2.45, 2.75) is 51.6 Å². The number of hydrogen-bond acceptors (Lipinski definition) is 2. The summed E-state index contributed by atoms with van der Waals surface area (Å²) < 4.78 is 5.56. The molecule has 0 N–H and O–H groups in total. The number of rotatable bonds is 4. The van der Waals surface area contributed by atoms with Crippen LogP contribution in [0.15, 0.2) is 30.3 Å². The predicted molar refractivity (Wildman–Crippen MR) is 72.5 cm³/mol. The molecule has 0 aromatic heterocycles. The minimum atomic E-state index is -0.172. The lowest BCUT2D eigenvalue weighted by atomic mass is 9.85. The first kappa shape index (κ1) is 13.1. The molecule has 0 amide bonds. The Balaban J connectivity index is 1.80. The van der Waals surface area contributed by atoms with Gasteiger partial charge >= 0.3 is 5.97 Å². The normalized spacial score (nSPS) is 23.6. The Labute approximate surface area is 109 Å². The van der Waals surface area contributed by atoms with Crippen LogP contribution < -0.4 is 0 Å². The molecule has 2 rings (SSSR count). The predicted octanol–water partition coefficient (Wildman–Crippen LogP) is 4.20. The third-order valence-electron chi connectivity index (χ3n) is 3.77. The lowest BCUT2D eigenvalue weighted by molar-refractivity contribution is 0.0161. The Bertz CT molecular complexity index is 364. The number of esters is 1. The maximum absolute atomic E-state index is 11.9. The van der Waals surface area contributed by atoms with Gasteiger partial charge in [0, 0.05) is 0 Å². The molecule has 0 aliphatic heterocycles. The van der Waals surface area contributed by atoms with E-state index in [4.69, 9.17) is 4.74 Å². The third kappa shape index (κ3) is 3.59. The lowest BCUT2D eigenvalue weighted by Gasteiger charge is -2.28. The van der Waals surface area contributed by atoms with E-state index < -0.39 is 0 Å². The molecule has 0 atom stereocenters. The first-order chi connectivity index (χ1) is 8.79. The summed E-state index contributed by atoms with van der Waals surface area (Å²) in [5, 5.41) is 0. The van der Waals surface area contributed by atoms with Crippen molar-refractivity contribution >= 4 is 5.97 Å². The number of carbonyl (C=O) groups excluding carboxylic acids is 1. The molecular weight excluding hydrogens is 224 g/mol. The monoisotopic (exact) mass is 246 g/mol. The highest BCUT2D eigenvalue weighted by atomic mass is 16.5. The van der Waals surface area contributed by atoms with Gasteiger partial charge in [-0.05, 0) is 43.7 Å². The molecule has 1 aliphatic carbocycles. The molecule has 0 heterocycles. The molecule has 2 nitrogen and oxygen atoms in total. The SMILES string of the molecule is CCCC1CCC(OC(=O)c2ccccc2)CC1. The number of carbonyl (C=O) groups is 1. The Morgan fingerprint density at radius 2 is 1.83 bits per heavy atom. The number of benzene rings is 1. The molecule has 1 fully saturated rings. The fourth-order valence-electron chi connectivity index (χ4n) is 2.74. The molecule has 1 aliphatic rings. The maximum atomic E-state index is 11.9. The minimum absolute atomic E-state index is 0.130. The van der Waals surface area contributed by atoms with Crippen LogP contribution in [0.3, 0.4) is 0 Å². The van der Waals surface area contributed by atoms with Crippen molar-refractivity contribution < 1.29 is 9.53 Å². The van der Waals surface area contributed by atoms with Crippen LogP contribution in [0.4, 0.5) is 0 Å². The second kappa shape index (κ2) is 6.58. The van der Waals surface area contributed by atoms with Gasteiger partial charge in [0.15, 0.2) is 0 Å². The summed E-state index contributed by atoms with van der Waals surface area (Å²) in [5.74, 6) is 0.677. The van der Waals surface area contributed by atoms with E-state index in [-0.39, 0.29) is 12.1 Å². The standard InChI is InChI=1S/C16H22O2/c1-2-6-13-9-11-15(12-10-13)18-16(17)14-7-4-3-5-8-14/h3-5,7-8,13,15H,2,6,9-12H2,1H3. The smallest absolute Gasteiger partial charge is 0.338 e. The zero-order chi connectivity index (χ0) is 12.8. The summed E-state index contributed by atoms with van der Waals surface area (Å²) >= 11 is 0. The largest absolute Gasteiger partial charge is 0.459 e. The van der Waals surface area contributed by atoms with Crippen LogP contribution in [0, 0.1) is 5.92 Å². The minimum Gasteiger partial charge on any atom is -0.459 e. The molecule has 0 saturated heterocycles. The zero-order valence-electron chi connectivity index (χ0n) is 11.1. The van der Waals surface area contributed by atoms with Crippen LogP contribution in [-0.4, -0.2) is 12.1 Å². The maximum Gasteiger partial charge on any atom is 0.338 e. The summed E-state index contributed by atoms with van der Waals surface area (Å²) in [6.45, 7) is 2.24. The van der Waals surface area contributed by atoms with E-state index in [1.165, 1.54) is 25.7 Å². The van der Waals surface area contributed by atoms with Crippen molar-refractivity contribution in [3.8, 4) is 0 Å². The molecule has 98 valence electrons. The Hall–Kier alpha value is -1.31. The van der Waals surface area contributed by atoms with E-state index in [9.17, 15) is 4.79 Å². The molecular formula is C16H22O2. The van der Waals surface area contributed by atoms with Gasteiger partial charge in [-0.15, -0.1) is 0 Å². The number of ether oxygens (including phenoxy) is 1. The average molecular weight is 246 g/mol. The summed E-state index contributed by atoms with van der Waals surface area (Å²) in [4.78, 5) is 11.9. The van der Waals surface area contributed by atoms with Crippen LogP contribution in [-0.2, 0) is 4.74 Å². The quantitative estimate of drug-likeness (QED) is 0.744. The molecule has 0 unspecified atom stereocenters. The summed E-state index contributed by atoms with van der Waals surface area (Å²) in [7, 11) is 0. The van der Waals surface area contributed by atoms with Crippen molar-refractivity contribution in [2.75, 3.05) is 0 Å². The van der Waals surface area contributed by atoms with Gasteiger partial charge in [-0.1, -0.05) is 38.0 Å². The van der Waals surface area contributed by atoms with Gasteiger partial charge in [-0.3, -0.25) is 0 Å². The zero-order valence-corrected chi connectivity index (χ0v) is 11.1.